The predicted octanol–water partition coefficient (Wildman–Crippen LogP) is 5.66. The van der Waals surface area contributed by atoms with E-state index < -0.39 is 0 Å². The van der Waals surface area contributed by atoms with Crippen LogP contribution in [-0.4, -0.2) is 0 Å². The molecule has 0 atom stereocenters. The summed E-state index contributed by atoms with van der Waals surface area (Å²) in [5.74, 6) is 1.16. The molecule has 0 saturated heterocycles. The summed E-state index contributed by atoms with van der Waals surface area (Å²) < 4.78 is 12.2. The van der Waals surface area contributed by atoms with Gasteiger partial charge in [0.2, 0.25) is 0 Å². The summed E-state index contributed by atoms with van der Waals surface area (Å²) in [7, 11) is 0. The Morgan fingerprint density at radius 3 is 2.37 bits per heavy atom. The molecule has 0 bridgehead atoms. The second-order valence-corrected chi connectivity index (χ2v) is 6.70. The van der Waals surface area contributed by atoms with E-state index in [0.717, 1.165) is 22.3 Å². The summed E-state index contributed by atoms with van der Waals surface area (Å²) in [6.07, 6.45) is 0. The lowest BCUT2D eigenvalue weighted by Crippen LogP contribution is -2.04. The highest BCUT2D eigenvalue weighted by Gasteiger charge is 2.14. The number of fused-ring (bicyclic) bond motifs is 1. The molecule has 1 aromatic heterocycles. The largest absolute Gasteiger partial charge is 0.485 e. The predicted molar refractivity (Wildman–Crippen MR) is 108 cm³/mol. The van der Waals surface area contributed by atoms with E-state index in [4.69, 9.17) is 9.15 Å². The molecule has 0 saturated carbocycles. The van der Waals surface area contributed by atoms with Crippen molar-refractivity contribution in [2.24, 2.45) is 0 Å². The Balaban J connectivity index is 1.81. The molecule has 3 aromatic carbocycles. The van der Waals surface area contributed by atoms with E-state index >= 15 is 0 Å². The molecular formula is C24H20O3. The van der Waals surface area contributed by atoms with Gasteiger partial charge in [0.25, 0.3) is 0 Å². The number of hydrogen-bond donors (Lipinski definition) is 0. The van der Waals surface area contributed by atoms with Crippen LogP contribution in [0.25, 0.3) is 22.3 Å². The lowest BCUT2D eigenvalue weighted by molar-refractivity contribution is 0.303. The maximum Gasteiger partial charge on any atom is 0.193 e. The molecule has 3 nitrogen and oxygen atoms in total. The molecule has 0 spiro atoms. The minimum atomic E-state index is -0.0728. The quantitative estimate of drug-likeness (QED) is 0.474. The van der Waals surface area contributed by atoms with Crippen molar-refractivity contribution in [2.75, 3.05) is 0 Å². The summed E-state index contributed by atoms with van der Waals surface area (Å²) >= 11 is 0. The van der Waals surface area contributed by atoms with Crippen LogP contribution in [0.1, 0.15) is 16.7 Å². The smallest absolute Gasteiger partial charge is 0.193 e. The lowest BCUT2D eigenvalue weighted by atomic mass is 10.1. The van der Waals surface area contributed by atoms with Gasteiger partial charge in [0.05, 0.1) is 5.39 Å². The molecule has 0 unspecified atom stereocenters. The van der Waals surface area contributed by atoms with Gasteiger partial charge in [-0.2, -0.15) is 0 Å². The summed E-state index contributed by atoms with van der Waals surface area (Å²) in [6, 6.07) is 23.1. The Labute approximate surface area is 157 Å². The zero-order chi connectivity index (χ0) is 18.8. The highest BCUT2D eigenvalue weighted by molar-refractivity contribution is 5.85. The van der Waals surface area contributed by atoms with Crippen molar-refractivity contribution >= 4 is 11.0 Å². The van der Waals surface area contributed by atoms with Crippen LogP contribution < -0.4 is 10.2 Å². The number of rotatable bonds is 4. The fourth-order valence-electron chi connectivity index (χ4n) is 3.06. The second-order valence-electron chi connectivity index (χ2n) is 6.70. The van der Waals surface area contributed by atoms with Crippen molar-refractivity contribution in [1.82, 2.24) is 0 Å². The molecule has 1 heterocycles. The number of benzene rings is 3. The Bertz CT molecular complexity index is 1140. The maximum atomic E-state index is 12.7. The van der Waals surface area contributed by atoms with Crippen LogP contribution in [-0.2, 0) is 6.61 Å². The second kappa shape index (κ2) is 7.12. The number of aryl methyl sites for hydroxylation is 2. The van der Waals surface area contributed by atoms with Gasteiger partial charge >= 0.3 is 0 Å². The molecule has 0 aliphatic carbocycles. The first kappa shape index (κ1) is 17.1. The molecule has 0 fully saturated rings. The molecule has 0 amide bonds. The van der Waals surface area contributed by atoms with Crippen LogP contribution in [0.3, 0.4) is 0 Å². The molecule has 134 valence electrons. The zero-order valence-corrected chi connectivity index (χ0v) is 15.4. The van der Waals surface area contributed by atoms with E-state index in [9.17, 15) is 4.79 Å². The maximum absolute atomic E-state index is 12.7. The van der Waals surface area contributed by atoms with Crippen LogP contribution in [0.2, 0.25) is 0 Å². The molecule has 3 heteroatoms. The van der Waals surface area contributed by atoms with E-state index in [1.165, 1.54) is 0 Å². The molecule has 0 N–H and O–H groups in total. The summed E-state index contributed by atoms with van der Waals surface area (Å²) in [4.78, 5) is 12.7. The van der Waals surface area contributed by atoms with Gasteiger partial charge in [-0.05, 0) is 31.0 Å². The fraction of sp³-hybridized carbons (Fsp3) is 0.125. The Hall–Kier alpha value is -3.33. The van der Waals surface area contributed by atoms with Crippen LogP contribution in [0.4, 0.5) is 0 Å². The Morgan fingerprint density at radius 2 is 1.63 bits per heavy atom. The SMILES string of the molecule is Cc1ccc(-c2cc(=O)c3ccc(C)c(OCc4ccccc4)c3o2)cc1. The summed E-state index contributed by atoms with van der Waals surface area (Å²) in [6.45, 7) is 4.40. The van der Waals surface area contributed by atoms with E-state index in [0.29, 0.717) is 29.1 Å². The van der Waals surface area contributed by atoms with Crippen molar-refractivity contribution in [3.05, 3.63) is 99.7 Å². The van der Waals surface area contributed by atoms with Crippen molar-refractivity contribution in [3.8, 4) is 17.1 Å². The number of ether oxygens (including phenoxy) is 1. The minimum Gasteiger partial charge on any atom is -0.485 e. The van der Waals surface area contributed by atoms with Crippen LogP contribution in [0.5, 0.6) is 5.75 Å². The van der Waals surface area contributed by atoms with E-state index in [-0.39, 0.29) is 5.43 Å². The minimum absolute atomic E-state index is 0.0728. The molecule has 0 radical (unpaired) electrons. The Kier molecular flexibility index (Phi) is 4.51. The van der Waals surface area contributed by atoms with Crippen LogP contribution in [0.15, 0.2) is 82.0 Å². The van der Waals surface area contributed by atoms with Crippen molar-refractivity contribution in [2.45, 2.75) is 20.5 Å². The average molecular weight is 356 g/mol. The zero-order valence-electron chi connectivity index (χ0n) is 15.4. The first-order valence-corrected chi connectivity index (χ1v) is 8.93. The van der Waals surface area contributed by atoms with Crippen molar-refractivity contribution < 1.29 is 9.15 Å². The first-order valence-electron chi connectivity index (χ1n) is 8.93. The number of hydrogen-bond acceptors (Lipinski definition) is 3. The highest BCUT2D eigenvalue weighted by atomic mass is 16.5. The van der Waals surface area contributed by atoms with Crippen molar-refractivity contribution in [1.29, 1.82) is 0 Å². The van der Waals surface area contributed by atoms with Gasteiger partial charge < -0.3 is 9.15 Å². The van der Waals surface area contributed by atoms with Gasteiger partial charge in [-0.1, -0.05) is 66.2 Å². The van der Waals surface area contributed by atoms with E-state index in [1.54, 1.807) is 12.1 Å². The lowest BCUT2D eigenvalue weighted by Gasteiger charge is -2.12. The molecule has 0 aliphatic heterocycles. The highest BCUT2D eigenvalue weighted by Crippen LogP contribution is 2.32. The van der Waals surface area contributed by atoms with Crippen LogP contribution >= 0.6 is 0 Å². The molecule has 4 aromatic rings. The third kappa shape index (κ3) is 3.49. The monoisotopic (exact) mass is 356 g/mol. The third-order valence-corrected chi connectivity index (χ3v) is 4.61. The normalized spacial score (nSPS) is 10.9. The van der Waals surface area contributed by atoms with Gasteiger partial charge in [0, 0.05) is 11.6 Å². The van der Waals surface area contributed by atoms with E-state index in [1.807, 2.05) is 74.5 Å². The third-order valence-electron chi connectivity index (χ3n) is 4.61. The van der Waals surface area contributed by atoms with Gasteiger partial charge in [0.1, 0.15) is 12.4 Å². The fourth-order valence-corrected chi connectivity index (χ4v) is 3.06. The van der Waals surface area contributed by atoms with Gasteiger partial charge in [0.15, 0.2) is 16.8 Å². The summed E-state index contributed by atoms with van der Waals surface area (Å²) in [5.41, 5.74) is 4.44. The average Bonchev–Trinajstić information content (AvgIpc) is 2.68. The first-order chi connectivity index (χ1) is 13.1. The standard InChI is InChI=1S/C24H20O3/c1-16-8-11-19(12-9-16)22-14-21(25)20-13-10-17(2)23(24(20)27-22)26-15-18-6-4-3-5-7-18/h3-14H,15H2,1-2H3. The van der Waals surface area contributed by atoms with Gasteiger partial charge in [-0.25, -0.2) is 0 Å². The molecule has 4 rings (SSSR count). The molecule has 0 aliphatic rings. The van der Waals surface area contributed by atoms with Crippen LogP contribution in [0, 0.1) is 13.8 Å². The van der Waals surface area contributed by atoms with E-state index in [2.05, 4.69) is 0 Å². The topological polar surface area (TPSA) is 39.4 Å². The van der Waals surface area contributed by atoms with Gasteiger partial charge in [-0.15, -0.1) is 0 Å². The van der Waals surface area contributed by atoms with Crippen molar-refractivity contribution in [3.63, 3.8) is 0 Å². The van der Waals surface area contributed by atoms with Gasteiger partial charge in [-0.3, -0.25) is 4.79 Å². The molecular weight excluding hydrogens is 336 g/mol. The Morgan fingerprint density at radius 1 is 0.889 bits per heavy atom. The molecule has 27 heavy (non-hydrogen) atoms. The summed E-state index contributed by atoms with van der Waals surface area (Å²) in [5, 5.41) is 0.527.